The minimum absolute atomic E-state index is 0.0353. The van der Waals surface area contributed by atoms with E-state index in [2.05, 4.69) is 15.4 Å². The number of aromatic nitrogens is 3. The molecule has 1 heterocycles. The molecule has 0 spiro atoms. The minimum atomic E-state index is -1.52. The summed E-state index contributed by atoms with van der Waals surface area (Å²) in [4.78, 5) is 28.0. The molecule has 21 heavy (non-hydrogen) atoms. The summed E-state index contributed by atoms with van der Waals surface area (Å²) in [5.74, 6) is -0.697. The maximum atomic E-state index is 12.3. The van der Waals surface area contributed by atoms with Gasteiger partial charge in [-0.15, -0.1) is 0 Å². The van der Waals surface area contributed by atoms with Gasteiger partial charge in [0.15, 0.2) is 5.41 Å². The fourth-order valence-corrected chi connectivity index (χ4v) is 2.06. The van der Waals surface area contributed by atoms with Gasteiger partial charge in [-0.25, -0.2) is 9.67 Å². The lowest BCUT2D eigenvalue weighted by atomic mass is 9.85. The molecule has 2 N–H and O–H groups in total. The van der Waals surface area contributed by atoms with Gasteiger partial charge in [0, 0.05) is 19.0 Å². The quantitative estimate of drug-likeness (QED) is 0.726. The van der Waals surface area contributed by atoms with E-state index < -0.39 is 17.3 Å². The zero-order valence-corrected chi connectivity index (χ0v) is 12.7. The molecule has 1 saturated carbocycles. The van der Waals surface area contributed by atoms with E-state index in [1.807, 2.05) is 13.8 Å². The van der Waals surface area contributed by atoms with Gasteiger partial charge >= 0.3 is 5.97 Å². The van der Waals surface area contributed by atoms with E-state index in [4.69, 9.17) is 0 Å². The van der Waals surface area contributed by atoms with E-state index >= 15 is 0 Å². The topological polar surface area (TPSA) is 97.1 Å². The molecule has 1 aromatic rings. The number of nitrogens with one attached hydrogen (secondary N) is 1. The number of carbonyl (C=O) groups excluding carboxylic acids is 1. The summed E-state index contributed by atoms with van der Waals surface area (Å²) in [7, 11) is 0. The van der Waals surface area contributed by atoms with Crippen molar-refractivity contribution < 1.29 is 14.7 Å². The Bertz CT molecular complexity index is 536. The van der Waals surface area contributed by atoms with E-state index in [9.17, 15) is 14.7 Å². The normalized spacial score (nSPS) is 17.5. The lowest BCUT2D eigenvalue weighted by Gasteiger charge is -2.23. The Balaban J connectivity index is 2.17. The van der Waals surface area contributed by atoms with Gasteiger partial charge in [0.2, 0.25) is 5.91 Å². The summed E-state index contributed by atoms with van der Waals surface area (Å²) in [5.41, 5.74) is -1.52. The second-order valence-corrected chi connectivity index (χ2v) is 6.31. The van der Waals surface area contributed by atoms with E-state index in [0.717, 1.165) is 12.8 Å². The second kappa shape index (κ2) is 5.83. The van der Waals surface area contributed by atoms with Crippen LogP contribution in [0.2, 0.25) is 0 Å². The Morgan fingerprint density at radius 3 is 2.71 bits per heavy atom. The lowest BCUT2D eigenvalue weighted by Crippen LogP contribution is -2.47. The maximum Gasteiger partial charge on any atom is 0.319 e. The van der Waals surface area contributed by atoms with Gasteiger partial charge in [0.1, 0.15) is 12.2 Å². The summed E-state index contributed by atoms with van der Waals surface area (Å²) < 4.78 is 1.68. The van der Waals surface area contributed by atoms with Crippen molar-refractivity contribution in [3.05, 3.63) is 12.2 Å². The van der Waals surface area contributed by atoms with Gasteiger partial charge in [-0.3, -0.25) is 9.59 Å². The molecule has 0 bridgehead atoms. The molecule has 0 saturated heterocycles. The predicted molar refractivity (Wildman–Crippen MR) is 75.5 cm³/mol. The highest BCUT2D eigenvalue weighted by atomic mass is 16.4. The summed E-state index contributed by atoms with van der Waals surface area (Å²) in [6.07, 6.45) is 3.28. The SMILES string of the molecule is CC(C)Cn1ncnc1CC(C)(C(=O)O)C(=O)NC1CC1. The molecule has 1 amide bonds. The van der Waals surface area contributed by atoms with Crippen LogP contribution in [0, 0.1) is 11.3 Å². The molecule has 1 unspecified atom stereocenters. The molecular formula is C14H22N4O3. The smallest absolute Gasteiger partial charge is 0.319 e. The molecule has 0 radical (unpaired) electrons. The number of carboxylic acids is 1. The third-order valence-electron chi connectivity index (χ3n) is 3.63. The van der Waals surface area contributed by atoms with Crippen molar-refractivity contribution in [3.8, 4) is 0 Å². The van der Waals surface area contributed by atoms with Crippen molar-refractivity contribution in [3.63, 3.8) is 0 Å². The Hall–Kier alpha value is -1.92. The molecule has 1 aromatic heterocycles. The lowest BCUT2D eigenvalue weighted by molar-refractivity contribution is -0.154. The number of amides is 1. The van der Waals surface area contributed by atoms with Crippen LogP contribution < -0.4 is 5.32 Å². The average molecular weight is 294 g/mol. The number of aliphatic carboxylic acids is 1. The third-order valence-corrected chi connectivity index (χ3v) is 3.63. The Morgan fingerprint density at radius 2 is 2.19 bits per heavy atom. The first-order valence-corrected chi connectivity index (χ1v) is 7.24. The van der Waals surface area contributed by atoms with Crippen LogP contribution in [0.1, 0.15) is 39.4 Å². The van der Waals surface area contributed by atoms with Crippen LogP contribution in [-0.4, -0.2) is 37.8 Å². The highest BCUT2D eigenvalue weighted by Gasteiger charge is 2.44. The van der Waals surface area contributed by atoms with Gasteiger partial charge in [-0.05, 0) is 25.7 Å². The van der Waals surface area contributed by atoms with Crippen LogP contribution in [0.3, 0.4) is 0 Å². The molecule has 2 rings (SSSR count). The summed E-state index contributed by atoms with van der Waals surface area (Å²) in [6.45, 7) is 6.18. The highest BCUT2D eigenvalue weighted by Crippen LogP contribution is 2.26. The summed E-state index contributed by atoms with van der Waals surface area (Å²) in [6, 6.07) is 0.129. The number of nitrogens with zero attached hydrogens (tertiary/aromatic N) is 3. The molecule has 1 aliphatic rings. The van der Waals surface area contributed by atoms with Crippen molar-refractivity contribution in [2.75, 3.05) is 0 Å². The van der Waals surface area contributed by atoms with Crippen LogP contribution >= 0.6 is 0 Å². The zero-order chi connectivity index (χ0) is 15.6. The highest BCUT2D eigenvalue weighted by molar-refractivity contribution is 6.01. The fraction of sp³-hybridized carbons (Fsp3) is 0.714. The van der Waals surface area contributed by atoms with Crippen LogP contribution in [0.15, 0.2) is 6.33 Å². The van der Waals surface area contributed by atoms with Crippen molar-refractivity contribution in [1.82, 2.24) is 20.1 Å². The predicted octanol–water partition coefficient (Wildman–Crippen LogP) is 0.846. The standard InChI is InChI=1S/C14H22N4O3/c1-9(2)7-18-11(15-8-16-18)6-14(3,13(20)21)12(19)17-10-4-5-10/h8-10H,4-7H2,1-3H3,(H,17,19)(H,20,21). The van der Waals surface area contributed by atoms with Crippen LogP contribution in [0.25, 0.3) is 0 Å². The molecule has 1 aliphatic carbocycles. The van der Waals surface area contributed by atoms with Crippen molar-refractivity contribution in [2.24, 2.45) is 11.3 Å². The largest absolute Gasteiger partial charge is 0.480 e. The van der Waals surface area contributed by atoms with Crippen LogP contribution in [0.4, 0.5) is 0 Å². The van der Waals surface area contributed by atoms with Gasteiger partial charge in [-0.1, -0.05) is 13.8 Å². The summed E-state index contributed by atoms with van der Waals surface area (Å²) in [5, 5.41) is 16.4. The summed E-state index contributed by atoms with van der Waals surface area (Å²) >= 11 is 0. The molecule has 116 valence electrons. The number of hydrogen-bond donors (Lipinski definition) is 2. The first kappa shape index (κ1) is 15.5. The van der Waals surface area contributed by atoms with Crippen molar-refractivity contribution in [1.29, 1.82) is 0 Å². The monoisotopic (exact) mass is 294 g/mol. The zero-order valence-electron chi connectivity index (χ0n) is 12.7. The second-order valence-electron chi connectivity index (χ2n) is 6.31. The van der Waals surface area contributed by atoms with Gasteiger partial charge in [0.05, 0.1) is 0 Å². The number of carbonyl (C=O) groups is 2. The van der Waals surface area contributed by atoms with Gasteiger partial charge in [0.25, 0.3) is 0 Å². The Labute approximate surface area is 123 Å². The van der Waals surface area contributed by atoms with E-state index in [1.54, 1.807) is 4.68 Å². The Kier molecular flexibility index (Phi) is 4.29. The van der Waals surface area contributed by atoms with E-state index in [0.29, 0.717) is 18.3 Å². The minimum Gasteiger partial charge on any atom is -0.480 e. The number of hydrogen-bond acceptors (Lipinski definition) is 4. The first-order chi connectivity index (χ1) is 9.83. The average Bonchev–Trinajstić information content (AvgIpc) is 3.10. The van der Waals surface area contributed by atoms with Gasteiger partial charge in [-0.2, -0.15) is 5.10 Å². The van der Waals surface area contributed by atoms with Gasteiger partial charge < -0.3 is 10.4 Å². The van der Waals surface area contributed by atoms with Crippen molar-refractivity contribution >= 4 is 11.9 Å². The van der Waals surface area contributed by atoms with Crippen molar-refractivity contribution in [2.45, 2.75) is 52.6 Å². The van der Waals surface area contributed by atoms with Crippen LogP contribution in [-0.2, 0) is 22.6 Å². The molecule has 7 heteroatoms. The number of carboxylic acid groups (broad SMARTS) is 1. The third kappa shape index (κ3) is 3.59. The molecule has 7 nitrogen and oxygen atoms in total. The molecule has 0 aromatic carbocycles. The van der Waals surface area contributed by atoms with E-state index in [-0.39, 0.29) is 12.5 Å². The molecular weight excluding hydrogens is 272 g/mol. The molecule has 0 aliphatic heterocycles. The molecule has 1 atom stereocenters. The Morgan fingerprint density at radius 1 is 1.52 bits per heavy atom. The van der Waals surface area contributed by atoms with E-state index in [1.165, 1.54) is 13.3 Å². The number of rotatable bonds is 7. The molecule has 1 fully saturated rings. The first-order valence-electron chi connectivity index (χ1n) is 7.24. The van der Waals surface area contributed by atoms with Crippen LogP contribution in [0.5, 0.6) is 0 Å². The maximum absolute atomic E-state index is 12.3. The fourth-order valence-electron chi connectivity index (χ4n) is 2.06.